The van der Waals surface area contributed by atoms with E-state index in [2.05, 4.69) is 43.0 Å². The van der Waals surface area contributed by atoms with Gasteiger partial charge in [0.2, 0.25) is 0 Å². The number of nitrogens with one attached hydrogen (secondary N) is 1. The van der Waals surface area contributed by atoms with E-state index >= 15 is 0 Å². The molecular formula is C15H27N3O. The van der Waals surface area contributed by atoms with Crippen molar-refractivity contribution in [3.05, 3.63) is 23.3 Å². The summed E-state index contributed by atoms with van der Waals surface area (Å²) >= 11 is 0. The van der Waals surface area contributed by atoms with Crippen molar-refractivity contribution in [2.45, 2.75) is 59.6 Å². The second-order valence-corrected chi connectivity index (χ2v) is 5.03. The summed E-state index contributed by atoms with van der Waals surface area (Å²) in [6.07, 6.45) is 2.79. The van der Waals surface area contributed by atoms with Crippen LogP contribution in [-0.4, -0.2) is 23.1 Å². The number of rotatable bonds is 7. The molecule has 0 saturated carbocycles. The highest BCUT2D eigenvalue weighted by atomic mass is 16.5. The minimum atomic E-state index is -0.389. The molecule has 19 heavy (non-hydrogen) atoms. The summed E-state index contributed by atoms with van der Waals surface area (Å²) in [6, 6.07) is 0.277. The van der Waals surface area contributed by atoms with Crippen LogP contribution in [0.2, 0.25) is 0 Å². The Balaban J connectivity index is 3.04. The van der Waals surface area contributed by atoms with Gasteiger partial charge < -0.3 is 10.1 Å². The molecule has 1 aromatic heterocycles. The summed E-state index contributed by atoms with van der Waals surface area (Å²) in [5, 5.41) is 3.39. The Morgan fingerprint density at radius 2 is 2.05 bits per heavy atom. The summed E-state index contributed by atoms with van der Waals surface area (Å²) in [7, 11) is 0. The minimum absolute atomic E-state index is 0.277. The molecule has 4 heteroatoms. The van der Waals surface area contributed by atoms with Crippen molar-refractivity contribution in [2.24, 2.45) is 0 Å². The molecule has 0 amide bonds. The first-order valence-corrected chi connectivity index (χ1v) is 7.19. The molecule has 0 aliphatic heterocycles. The number of nitrogens with zero attached hydrogens (tertiary/aromatic N) is 2. The standard InChI is InChI=1S/C15H27N3O/c1-7-15(6,19-9-3)14-17-10-13(12(5)18-14)11(4)16-8-2/h10-11,16H,7-9H2,1-6H3. The predicted molar refractivity (Wildman–Crippen MR) is 78.1 cm³/mol. The Labute approximate surface area is 117 Å². The van der Waals surface area contributed by atoms with E-state index in [1.54, 1.807) is 0 Å². The van der Waals surface area contributed by atoms with Gasteiger partial charge in [-0.25, -0.2) is 9.97 Å². The largest absolute Gasteiger partial charge is 0.368 e. The molecule has 4 nitrogen and oxygen atoms in total. The Morgan fingerprint density at radius 1 is 1.37 bits per heavy atom. The molecule has 0 radical (unpaired) electrons. The van der Waals surface area contributed by atoms with Crippen LogP contribution < -0.4 is 5.32 Å². The van der Waals surface area contributed by atoms with Gasteiger partial charge >= 0.3 is 0 Å². The van der Waals surface area contributed by atoms with Gasteiger partial charge in [0, 0.05) is 30.1 Å². The summed E-state index contributed by atoms with van der Waals surface area (Å²) in [5.41, 5.74) is 1.79. The fourth-order valence-corrected chi connectivity index (χ4v) is 2.22. The summed E-state index contributed by atoms with van der Waals surface area (Å²) < 4.78 is 5.83. The Bertz CT molecular complexity index is 408. The fraction of sp³-hybridized carbons (Fsp3) is 0.733. The predicted octanol–water partition coefficient (Wildman–Crippen LogP) is 3.12. The van der Waals surface area contributed by atoms with Gasteiger partial charge in [-0.2, -0.15) is 0 Å². The van der Waals surface area contributed by atoms with Crippen LogP contribution in [0.3, 0.4) is 0 Å². The molecule has 1 aromatic rings. The molecule has 0 aliphatic rings. The average molecular weight is 265 g/mol. The first-order chi connectivity index (χ1) is 8.98. The van der Waals surface area contributed by atoms with Gasteiger partial charge in [0.05, 0.1) is 0 Å². The van der Waals surface area contributed by atoms with Crippen LogP contribution in [0.4, 0.5) is 0 Å². The highest BCUT2D eigenvalue weighted by Gasteiger charge is 2.28. The lowest BCUT2D eigenvalue weighted by atomic mass is 10.0. The van der Waals surface area contributed by atoms with E-state index in [4.69, 9.17) is 4.74 Å². The molecule has 1 heterocycles. The number of aryl methyl sites for hydroxylation is 1. The molecule has 108 valence electrons. The number of hydrogen-bond acceptors (Lipinski definition) is 4. The molecule has 2 unspecified atom stereocenters. The van der Waals surface area contributed by atoms with Gasteiger partial charge in [-0.1, -0.05) is 13.8 Å². The van der Waals surface area contributed by atoms with Gasteiger partial charge in [0.1, 0.15) is 5.60 Å². The molecule has 0 aromatic carbocycles. The lowest BCUT2D eigenvalue weighted by molar-refractivity contribution is -0.0392. The third-order valence-corrected chi connectivity index (χ3v) is 3.60. The zero-order valence-electron chi connectivity index (χ0n) is 13.1. The molecule has 1 rings (SSSR count). The van der Waals surface area contributed by atoms with Crippen LogP contribution >= 0.6 is 0 Å². The van der Waals surface area contributed by atoms with Gasteiger partial charge in [-0.15, -0.1) is 0 Å². The van der Waals surface area contributed by atoms with E-state index in [-0.39, 0.29) is 11.6 Å². The SMILES string of the molecule is CCNC(C)c1cnc(C(C)(CC)OCC)nc1C. The highest BCUT2D eigenvalue weighted by Crippen LogP contribution is 2.27. The van der Waals surface area contributed by atoms with Crippen molar-refractivity contribution in [3.8, 4) is 0 Å². The molecule has 0 aliphatic carbocycles. The topological polar surface area (TPSA) is 47.0 Å². The normalized spacial score (nSPS) is 16.1. The quantitative estimate of drug-likeness (QED) is 0.823. The lowest BCUT2D eigenvalue weighted by Gasteiger charge is -2.27. The second kappa shape index (κ2) is 6.96. The van der Waals surface area contributed by atoms with E-state index in [1.165, 1.54) is 0 Å². The van der Waals surface area contributed by atoms with Crippen LogP contribution in [-0.2, 0) is 10.3 Å². The molecular weight excluding hydrogens is 238 g/mol. The second-order valence-electron chi connectivity index (χ2n) is 5.03. The Hall–Kier alpha value is -1.00. The van der Waals surface area contributed by atoms with E-state index in [1.807, 2.05) is 20.0 Å². The van der Waals surface area contributed by atoms with Crippen LogP contribution in [0.25, 0.3) is 0 Å². The first kappa shape index (κ1) is 16.1. The van der Waals surface area contributed by atoms with Gasteiger partial charge in [0.25, 0.3) is 0 Å². The van der Waals surface area contributed by atoms with E-state index in [0.717, 1.165) is 30.0 Å². The van der Waals surface area contributed by atoms with Gasteiger partial charge in [-0.05, 0) is 40.7 Å². The maximum atomic E-state index is 5.83. The van der Waals surface area contributed by atoms with Crippen LogP contribution in [0.1, 0.15) is 64.2 Å². The summed E-state index contributed by atoms with van der Waals surface area (Å²) in [4.78, 5) is 9.19. The monoisotopic (exact) mass is 265 g/mol. The van der Waals surface area contributed by atoms with Crippen LogP contribution in [0.5, 0.6) is 0 Å². The smallest absolute Gasteiger partial charge is 0.160 e. The highest BCUT2D eigenvalue weighted by molar-refractivity contribution is 5.21. The summed E-state index contributed by atoms with van der Waals surface area (Å²) in [6.45, 7) is 14.0. The van der Waals surface area contributed by atoms with Crippen molar-refractivity contribution in [3.63, 3.8) is 0 Å². The fourth-order valence-electron chi connectivity index (χ4n) is 2.22. The molecule has 0 fully saturated rings. The molecule has 0 saturated heterocycles. The maximum Gasteiger partial charge on any atom is 0.160 e. The average Bonchev–Trinajstić information content (AvgIpc) is 2.39. The van der Waals surface area contributed by atoms with Crippen molar-refractivity contribution >= 4 is 0 Å². The summed E-state index contributed by atoms with van der Waals surface area (Å²) in [5.74, 6) is 0.779. The van der Waals surface area contributed by atoms with Crippen molar-refractivity contribution < 1.29 is 4.74 Å². The minimum Gasteiger partial charge on any atom is -0.368 e. The molecule has 2 atom stereocenters. The maximum absolute atomic E-state index is 5.83. The van der Waals surface area contributed by atoms with Gasteiger partial charge in [0.15, 0.2) is 5.82 Å². The third-order valence-electron chi connectivity index (χ3n) is 3.60. The van der Waals surface area contributed by atoms with Crippen molar-refractivity contribution in [1.29, 1.82) is 0 Å². The number of hydrogen-bond donors (Lipinski definition) is 1. The van der Waals surface area contributed by atoms with E-state index in [9.17, 15) is 0 Å². The molecule has 0 bridgehead atoms. The Kier molecular flexibility index (Phi) is 5.88. The van der Waals surface area contributed by atoms with Crippen LogP contribution in [0.15, 0.2) is 6.20 Å². The first-order valence-electron chi connectivity index (χ1n) is 7.19. The Morgan fingerprint density at radius 3 is 2.53 bits per heavy atom. The molecule has 1 N–H and O–H groups in total. The number of ether oxygens (including phenoxy) is 1. The van der Waals surface area contributed by atoms with Crippen molar-refractivity contribution in [1.82, 2.24) is 15.3 Å². The van der Waals surface area contributed by atoms with E-state index < -0.39 is 0 Å². The zero-order chi connectivity index (χ0) is 14.5. The van der Waals surface area contributed by atoms with Crippen molar-refractivity contribution in [2.75, 3.05) is 13.2 Å². The molecule has 0 spiro atoms. The number of aromatic nitrogens is 2. The van der Waals surface area contributed by atoms with E-state index in [0.29, 0.717) is 6.61 Å². The third kappa shape index (κ3) is 3.74. The lowest BCUT2D eigenvalue weighted by Crippen LogP contribution is -2.29. The van der Waals surface area contributed by atoms with Crippen LogP contribution in [0, 0.1) is 6.92 Å². The zero-order valence-corrected chi connectivity index (χ0v) is 13.1. The van der Waals surface area contributed by atoms with Gasteiger partial charge in [-0.3, -0.25) is 0 Å².